The molecular weight excluding hydrogens is 761 g/mol. The van der Waals surface area contributed by atoms with Gasteiger partial charge in [-0.05, 0) is 0 Å². The van der Waals surface area contributed by atoms with Crippen molar-refractivity contribution in [1.29, 1.82) is 0 Å². The fraction of sp³-hybridized carbons (Fsp3) is 0.318. The standard InChI is InChI=1S/2C21H23.C2H3BN2O2.2ClH.Zr/c2*1-3-5-9-16-14-18-11-8-13-20(21(18)15-16)19-12-7-6-10-17(19)4-2;6-1-4-3-5-2-7;;;/h2*6-8,10-15H,3-5,9H2,1-2H3;1-2H,(H-,4,5,6,7);2*1H;/q;;;;;+1/p-1. The van der Waals surface area contributed by atoms with Crippen LogP contribution in [-0.2, 0) is 38.6 Å². The molecule has 0 saturated carbocycles. The van der Waals surface area contributed by atoms with Gasteiger partial charge in [-0.2, -0.15) is 0 Å². The van der Waals surface area contributed by atoms with Crippen molar-refractivity contribution in [3.63, 3.8) is 0 Å². The van der Waals surface area contributed by atoms with Crippen LogP contribution in [0.15, 0.2) is 96.1 Å². The minimum absolute atomic E-state index is 0.363. The number of carbonyl (C=O) groups is 2. The summed E-state index contributed by atoms with van der Waals surface area (Å²) >= 11 is -5.85. The molecule has 0 aromatic heterocycles. The molecule has 2 N–H and O–H groups in total. The summed E-state index contributed by atoms with van der Waals surface area (Å²) in [7, 11) is 17.4. The van der Waals surface area contributed by atoms with Crippen molar-refractivity contribution in [3.8, 4) is 22.3 Å². The van der Waals surface area contributed by atoms with Gasteiger partial charge in [0.05, 0.1) is 0 Å². The van der Waals surface area contributed by atoms with Gasteiger partial charge in [-0.25, -0.2) is 0 Å². The second kappa shape index (κ2) is 16.5. The fourth-order valence-corrected chi connectivity index (χ4v) is 29.8. The van der Waals surface area contributed by atoms with Crippen LogP contribution in [0.2, 0.25) is 0 Å². The fourth-order valence-electron chi connectivity index (χ4n) is 9.08. The number of hydrogen-bond donors (Lipinski definition) is 2. The van der Waals surface area contributed by atoms with Gasteiger partial charge >= 0.3 is 321 Å². The summed E-state index contributed by atoms with van der Waals surface area (Å²) in [5, 5.41) is 6.03. The van der Waals surface area contributed by atoms with Crippen LogP contribution in [0.3, 0.4) is 0 Å². The number of unbranched alkanes of at least 4 members (excludes halogenated alkanes) is 2. The maximum atomic E-state index is 12.5. The molecule has 2 amide bonds. The zero-order valence-corrected chi connectivity index (χ0v) is 34.8. The summed E-state index contributed by atoms with van der Waals surface area (Å²) < 4.78 is -1.66. The van der Waals surface area contributed by atoms with Gasteiger partial charge in [0.15, 0.2) is 0 Å². The molecule has 0 spiro atoms. The molecule has 6 rings (SSSR count). The van der Waals surface area contributed by atoms with E-state index in [1.165, 1.54) is 33.4 Å². The van der Waals surface area contributed by atoms with Crippen LogP contribution in [0.1, 0.15) is 107 Å². The first-order valence-electron chi connectivity index (χ1n) is 19.1. The van der Waals surface area contributed by atoms with Crippen LogP contribution in [0, 0.1) is 0 Å². The number of fused-ring (bicyclic) bond motifs is 2. The van der Waals surface area contributed by atoms with Crippen molar-refractivity contribution < 1.29 is 25.8 Å². The Kier molecular flexibility index (Phi) is 12.2. The van der Waals surface area contributed by atoms with Crippen molar-refractivity contribution in [2.75, 3.05) is 0 Å². The Labute approximate surface area is 318 Å². The molecule has 8 heteroatoms. The van der Waals surface area contributed by atoms with E-state index >= 15 is 0 Å². The zero-order valence-electron chi connectivity index (χ0n) is 30.9. The van der Waals surface area contributed by atoms with E-state index in [-0.39, 0.29) is 7.25 Å². The average molecular weight is 812 g/mol. The van der Waals surface area contributed by atoms with E-state index in [4.69, 9.17) is 17.0 Å². The van der Waals surface area contributed by atoms with E-state index in [9.17, 15) is 9.59 Å². The zero-order chi connectivity index (χ0) is 36.9. The number of hydrogen-bond acceptors (Lipinski definition) is 2. The van der Waals surface area contributed by atoms with E-state index in [0.29, 0.717) is 12.8 Å². The van der Waals surface area contributed by atoms with Crippen LogP contribution in [-0.4, -0.2) is 17.3 Å². The topological polar surface area (TPSA) is 58.2 Å². The van der Waals surface area contributed by atoms with Crippen LogP contribution in [0.5, 0.6) is 0 Å². The number of carbonyl (C=O) groups excluding carboxylic acids is 2. The second-order valence-electron chi connectivity index (χ2n) is 14.4. The van der Waals surface area contributed by atoms with E-state index in [2.05, 4.69) is 135 Å². The van der Waals surface area contributed by atoms with Crippen molar-refractivity contribution in [3.05, 3.63) is 129 Å². The Hall–Kier alpha value is -3.17. The molecule has 2 aliphatic rings. The first kappa shape index (κ1) is 38.5. The first-order chi connectivity index (χ1) is 25.3. The Balaban J connectivity index is 1.68. The van der Waals surface area contributed by atoms with Gasteiger partial charge in [0.25, 0.3) is 0 Å². The van der Waals surface area contributed by atoms with Crippen LogP contribution < -0.4 is 10.5 Å². The summed E-state index contributed by atoms with van der Waals surface area (Å²) in [5.74, 6) is 0. The molecule has 0 fully saturated rings. The first-order valence-corrected chi connectivity index (χ1v) is 29.7. The third-order valence-corrected chi connectivity index (χ3v) is 31.5. The molecule has 4 nitrogen and oxygen atoms in total. The molecule has 4 aromatic rings. The van der Waals surface area contributed by atoms with Crippen molar-refractivity contribution in [1.82, 2.24) is 10.5 Å². The van der Waals surface area contributed by atoms with Crippen molar-refractivity contribution >= 4 is 46.5 Å². The summed E-state index contributed by atoms with van der Waals surface area (Å²) in [6, 6.07) is 30.2. The van der Waals surface area contributed by atoms with E-state index in [1.54, 1.807) is 0 Å². The van der Waals surface area contributed by atoms with E-state index < -0.39 is 20.7 Å². The minimum atomic E-state index is -5.85. The monoisotopic (exact) mass is 809 g/mol. The van der Waals surface area contributed by atoms with Gasteiger partial charge in [0.2, 0.25) is 0 Å². The summed E-state index contributed by atoms with van der Waals surface area (Å²) in [4.78, 5) is 25.1. The van der Waals surface area contributed by atoms with Gasteiger partial charge in [0, 0.05) is 0 Å². The molecule has 2 unspecified atom stereocenters. The molecule has 52 heavy (non-hydrogen) atoms. The molecular formula is C44H50BCl2N2O2Zr. The van der Waals surface area contributed by atoms with E-state index in [1.807, 2.05) is 0 Å². The van der Waals surface area contributed by atoms with Gasteiger partial charge in [-0.15, -0.1) is 0 Å². The Morgan fingerprint density at radius 3 is 1.38 bits per heavy atom. The number of rotatable bonds is 17. The van der Waals surface area contributed by atoms with Crippen LogP contribution >= 0.6 is 17.0 Å². The number of amides is 2. The molecule has 0 radical (unpaired) electrons. The normalized spacial score (nSPS) is 16.9. The predicted octanol–water partition coefficient (Wildman–Crippen LogP) is 11.6. The van der Waals surface area contributed by atoms with E-state index in [0.717, 1.165) is 84.7 Å². The van der Waals surface area contributed by atoms with Gasteiger partial charge in [-0.1, -0.05) is 0 Å². The number of halogens is 2. The molecule has 2 atom stereocenters. The quantitative estimate of drug-likeness (QED) is 0.0824. The average Bonchev–Trinajstić information content (AvgIpc) is 3.76. The summed E-state index contributed by atoms with van der Waals surface area (Å²) in [6.07, 6.45) is 13.4. The maximum absolute atomic E-state index is 12.5. The van der Waals surface area contributed by atoms with Gasteiger partial charge in [0.1, 0.15) is 0 Å². The molecule has 4 aromatic carbocycles. The SMILES string of the molecule is CCCCC1=Cc2c(-c3ccccc3CC)cccc2[CH]1[Zr]([Cl])([Cl])([B](NC=O)NC=O)[CH]1C(CCCC)=Cc2c(-c3ccccc3CC)cccc21. The third kappa shape index (κ3) is 6.74. The Bertz CT molecular complexity index is 1890. The van der Waals surface area contributed by atoms with Crippen molar-refractivity contribution in [2.45, 2.75) is 86.3 Å². The molecule has 0 saturated heterocycles. The van der Waals surface area contributed by atoms with Crippen LogP contribution in [0.4, 0.5) is 0 Å². The molecule has 2 aliphatic carbocycles. The van der Waals surface area contributed by atoms with Gasteiger partial charge in [-0.3, -0.25) is 0 Å². The van der Waals surface area contributed by atoms with Crippen molar-refractivity contribution in [2.24, 2.45) is 0 Å². The Morgan fingerprint density at radius 2 is 1.00 bits per heavy atom. The second-order valence-corrected chi connectivity index (χ2v) is 35.8. The molecule has 269 valence electrons. The number of nitrogens with one attached hydrogen (secondary N) is 2. The molecule has 0 heterocycles. The number of benzene rings is 4. The number of aryl methyl sites for hydroxylation is 2. The van der Waals surface area contributed by atoms with Gasteiger partial charge < -0.3 is 0 Å². The third-order valence-electron chi connectivity index (χ3n) is 11.4. The predicted molar refractivity (Wildman–Crippen MR) is 219 cm³/mol. The molecule has 0 aliphatic heterocycles. The Morgan fingerprint density at radius 1 is 0.596 bits per heavy atom. The summed E-state index contributed by atoms with van der Waals surface area (Å²) in [6.45, 7) is 8.79. The summed E-state index contributed by atoms with van der Waals surface area (Å²) in [5.41, 5.74) is 14.1. The van der Waals surface area contributed by atoms with Crippen LogP contribution in [0.25, 0.3) is 34.4 Å². The molecule has 0 bridgehead atoms. The number of allylic oxidation sites excluding steroid dienone is 2.